The number of para-hydroxylation sites is 2. The number of aromatic carboxylic acids is 1. The van der Waals surface area contributed by atoms with Crippen LogP contribution in [0, 0.1) is 0 Å². The highest BCUT2D eigenvalue weighted by Crippen LogP contribution is 2.18. The van der Waals surface area contributed by atoms with Crippen LogP contribution in [0.1, 0.15) is 10.4 Å². The van der Waals surface area contributed by atoms with Crippen LogP contribution in [-0.2, 0) is 0 Å². The molecule has 0 aliphatic rings. The van der Waals surface area contributed by atoms with Crippen molar-refractivity contribution in [3.8, 4) is 5.69 Å². The Bertz CT molecular complexity index is 868. The number of fused-ring (bicyclic) bond motifs is 1. The van der Waals surface area contributed by atoms with E-state index in [1.807, 2.05) is 12.1 Å². The lowest BCUT2D eigenvalue weighted by Crippen LogP contribution is -2.23. The lowest BCUT2D eigenvalue weighted by atomic mass is 10.1. The molecule has 0 saturated carbocycles. The van der Waals surface area contributed by atoms with Gasteiger partial charge in [-0.1, -0.05) is 30.3 Å². The summed E-state index contributed by atoms with van der Waals surface area (Å²) in [5.74, 6) is -1.08. The molecule has 0 amide bonds. The number of carboxylic acid groups (broad SMARTS) is 1. The van der Waals surface area contributed by atoms with Gasteiger partial charge in [0, 0.05) is 11.6 Å². The first kappa shape index (κ1) is 12.1. The maximum Gasteiger partial charge on any atom is 0.352 e. The maximum absolute atomic E-state index is 12.1. The molecule has 0 radical (unpaired) electrons. The normalized spacial score (nSPS) is 10.6. The zero-order valence-corrected chi connectivity index (χ0v) is 10.4. The van der Waals surface area contributed by atoms with Crippen molar-refractivity contribution in [1.82, 2.24) is 9.55 Å². The van der Waals surface area contributed by atoms with E-state index in [4.69, 9.17) is 0 Å². The number of nitrogens with zero attached hydrogens (tertiary/aromatic N) is 2. The van der Waals surface area contributed by atoms with Gasteiger partial charge in [-0.05, 0) is 18.2 Å². The summed E-state index contributed by atoms with van der Waals surface area (Å²) in [5.41, 5.74) is 0.501. The first-order valence-corrected chi connectivity index (χ1v) is 5.98. The Morgan fingerprint density at radius 2 is 1.75 bits per heavy atom. The van der Waals surface area contributed by atoms with Crippen LogP contribution >= 0.6 is 0 Å². The molecule has 0 unspecified atom stereocenters. The van der Waals surface area contributed by atoms with Gasteiger partial charge in [-0.15, -0.1) is 0 Å². The largest absolute Gasteiger partial charge is 0.478 e. The summed E-state index contributed by atoms with van der Waals surface area (Å²) in [7, 11) is 0. The van der Waals surface area contributed by atoms with Crippen molar-refractivity contribution in [3.05, 3.63) is 70.8 Å². The maximum atomic E-state index is 12.1. The standard InChI is InChI=1S/C15H10N2O3/c18-14(19)11-6-2-4-8-13(11)17-12-7-3-1-5-10(12)9-16-15(17)20/h1-9H,(H,18,19). The van der Waals surface area contributed by atoms with Crippen molar-refractivity contribution in [2.75, 3.05) is 0 Å². The van der Waals surface area contributed by atoms with Crippen LogP contribution in [-0.4, -0.2) is 20.6 Å². The Balaban J connectivity index is 2.44. The molecule has 1 heterocycles. The summed E-state index contributed by atoms with van der Waals surface area (Å²) in [4.78, 5) is 27.2. The Morgan fingerprint density at radius 3 is 2.55 bits per heavy atom. The Morgan fingerprint density at radius 1 is 1.05 bits per heavy atom. The van der Waals surface area contributed by atoms with Crippen LogP contribution in [0.4, 0.5) is 0 Å². The van der Waals surface area contributed by atoms with Gasteiger partial charge in [-0.2, -0.15) is 0 Å². The summed E-state index contributed by atoms with van der Waals surface area (Å²) >= 11 is 0. The van der Waals surface area contributed by atoms with Crippen LogP contribution < -0.4 is 5.69 Å². The predicted molar refractivity (Wildman–Crippen MR) is 74.3 cm³/mol. The predicted octanol–water partition coefficient (Wildman–Crippen LogP) is 2.08. The number of aromatic nitrogens is 2. The van der Waals surface area contributed by atoms with E-state index in [2.05, 4.69) is 4.98 Å². The number of carboxylic acids is 1. The van der Waals surface area contributed by atoms with Gasteiger partial charge in [0.1, 0.15) is 0 Å². The lowest BCUT2D eigenvalue weighted by molar-refractivity contribution is 0.0697. The van der Waals surface area contributed by atoms with E-state index < -0.39 is 11.7 Å². The second-order valence-electron chi connectivity index (χ2n) is 4.26. The Labute approximate surface area is 113 Å². The molecule has 0 atom stereocenters. The van der Waals surface area contributed by atoms with Gasteiger partial charge in [-0.25, -0.2) is 14.6 Å². The fourth-order valence-electron chi connectivity index (χ4n) is 2.17. The van der Waals surface area contributed by atoms with E-state index in [1.165, 1.54) is 16.8 Å². The van der Waals surface area contributed by atoms with Crippen molar-refractivity contribution in [2.24, 2.45) is 0 Å². The van der Waals surface area contributed by atoms with Crippen molar-refractivity contribution >= 4 is 16.9 Å². The Kier molecular flexibility index (Phi) is 2.80. The number of hydrogen-bond donors (Lipinski definition) is 1. The monoisotopic (exact) mass is 266 g/mol. The molecule has 1 aromatic heterocycles. The molecule has 3 aromatic rings. The molecule has 0 aliphatic heterocycles. The first-order chi connectivity index (χ1) is 9.68. The molecule has 0 bridgehead atoms. The summed E-state index contributed by atoms with van der Waals surface area (Å²) in [5, 5.41) is 10.0. The van der Waals surface area contributed by atoms with Crippen LogP contribution in [0.15, 0.2) is 59.5 Å². The zero-order valence-electron chi connectivity index (χ0n) is 10.4. The summed E-state index contributed by atoms with van der Waals surface area (Å²) in [6, 6.07) is 13.6. The van der Waals surface area contributed by atoms with Gasteiger partial charge in [-0.3, -0.25) is 4.57 Å². The van der Waals surface area contributed by atoms with Gasteiger partial charge in [0.2, 0.25) is 0 Å². The highest BCUT2D eigenvalue weighted by atomic mass is 16.4. The molecule has 2 aromatic carbocycles. The smallest absolute Gasteiger partial charge is 0.352 e. The van der Waals surface area contributed by atoms with E-state index >= 15 is 0 Å². The van der Waals surface area contributed by atoms with Gasteiger partial charge >= 0.3 is 11.7 Å². The summed E-state index contributed by atoms with van der Waals surface area (Å²) in [6.07, 6.45) is 1.48. The quantitative estimate of drug-likeness (QED) is 0.770. The van der Waals surface area contributed by atoms with E-state index in [1.54, 1.807) is 30.3 Å². The van der Waals surface area contributed by atoms with E-state index in [9.17, 15) is 14.7 Å². The van der Waals surface area contributed by atoms with Crippen LogP contribution in [0.3, 0.4) is 0 Å². The third kappa shape index (κ3) is 1.85. The second kappa shape index (κ2) is 4.62. The third-order valence-corrected chi connectivity index (χ3v) is 3.06. The molecule has 1 N–H and O–H groups in total. The van der Waals surface area contributed by atoms with E-state index in [0.29, 0.717) is 11.2 Å². The van der Waals surface area contributed by atoms with Crippen LogP contribution in [0.25, 0.3) is 16.6 Å². The lowest BCUT2D eigenvalue weighted by Gasteiger charge is -2.11. The molecule has 0 aliphatic carbocycles. The first-order valence-electron chi connectivity index (χ1n) is 5.98. The minimum atomic E-state index is -1.08. The molecule has 5 heteroatoms. The molecule has 0 saturated heterocycles. The van der Waals surface area contributed by atoms with Crippen molar-refractivity contribution in [2.45, 2.75) is 0 Å². The fourth-order valence-corrected chi connectivity index (χ4v) is 2.17. The average molecular weight is 266 g/mol. The summed E-state index contributed by atoms with van der Waals surface area (Å²) < 4.78 is 1.32. The number of carbonyl (C=O) groups is 1. The van der Waals surface area contributed by atoms with Crippen molar-refractivity contribution in [3.63, 3.8) is 0 Å². The number of hydrogen-bond acceptors (Lipinski definition) is 3. The minimum Gasteiger partial charge on any atom is -0.478 e. The molecular formula is C15H10N2O3. The van der Waals surface area contributed by atoms with Crippen molar-refractivity contribution in [1.29, 1.82) is 0 Å². The molecule has 20 heavy (non-hydrogen) atoms. The molecule has 0 spiro atoms. The number of benzene rings is 2. The van der Waals surface area contributed by atoms with Crippen LogP contribution in [0.5, 0.6) is 0 Å². The highest BCUT2D eigenvalue weighted by molar-refractivity contribution is 5.93. The second-order valence-corrected chi connectivity index (χ2v) is 4.26. The van der Waals surface area contributed by atoms with Gasteiger partial charge in [0.05, 0.1) is 16.8 Å². The molecule has 0 fully saturated rings. The van der Waals surface area contributed by atoms with Gasteiger partial charge in [0.15, 0.2) is 0 Å². The molecule has 5 nitrogen and oxygen atoms in total. The zero-order chi connectivity index (χ0) is 14.1. The third-order valence-electron chi connectivity index (χ3n) is 3.06. The fraction of sp³-hybridized carbons (Fsp3) is 0. The SMILES string of the molecule is O=C(O)c1ccccc1-n1c(=O)ncc2ccccc21. The molecule has 98 valence electrons. The Hall–Kier alpha value is -2.95. The van der Waals surface area contributed by atoms with Gasteiger partial charge in [0.25, 0.3) is 0 Å². The summed E-state index contributed by atoms with van der Waals surface area (Å²) in [6.45, 7) is 0. The highest BCUT2D eigenvalue weighted by Gasteiger charge is 2.14. The van der Waals surface area contributed by atoms with Gasteiger partial charge < -0.3 is 5.11 Å². The van der Waals surface area contributed by atoms with E-state index in [-0.39, 0.29) is 5.56 Å². The molecular weight excluding hydrogens is 256 g/mol. The number of rotatable bonds is 2. The molecule has 3 rings (SSSR count). The van der Waals surface area contributed by atoms with E-state index in [0.717, 1.165) is 5.39 Å². The topological polar surface area (TPSA) is 72.2 Å². The average Bonchev–Trinajstić information content (AvgIpc) is 2.47. The van der Waals surface area contributed by atoms with Crippen LogP contribution in [0.2, 0.25) is 0 Å². The minimum absolute atomic E-state index is 0.0627. The van der Waals surface area contributed by atoms with Crippen molar-refractivity contribution < 1.29 is 9.90 Å².